The lowest BCUT2D eigenvalue weighted by Gasteiger charge is -2.20. The summed E-state index contributed by atoms with van der Waals surface area (Å²) < 4.78 is 81.5. The van der Waals surface area contributed by atoms with Crippen LogP contribution in [-0.4, -0.2) is 9.78 Å². The van der Waals surface area contributed by atoms with Crippen molar-refractivity contribution in [3.05, 3.63) is 71.0 Å². The fraction of sp³-hybridized carbons (Fsp3) is 0.375. The lowest BCUT2D eigenvalue weighted by atomic mass is 9.88. The van der Waals surface area contributed by atoms with Crippen molar-refractivity contribution >= 4 is 0 Å². The van der Waals surface area contributed by atoms with E-state index in [1.165, 1.54) is 0 Å². The molecule has 0 aliphatic carbocycles. The second-order valence-electron chi connectivity index (χ2n) is 7.86. The van der Waals surface area contributed by atoms with E-state index in [1.54, 1.807) is 35.1 Å². The molecule has 0 aliphatic heterocycles. The van der Waals surface area contributed by atoms with Gasteiger partial charge in [0, 0.05) is 6.20 Å². The van der Waals surface area contributed by atoms with E-state index in [4.69, 9.17) is 0 Å². The number of benzene rings is 2. The van der Waals surface area contributed by atoms with Crippen LogP contribution >= 0.6 is 0 Å². The third-order valence-electron chi connectivity index (χ3n) is 5.49. The number of halogens is 6. The van der Waals surface area contributed by atoms with Gasteiger partial charge in [0.1, 0.15) is 0 Å². The van der Waals surface area contributed by atoms with Crippen molar-refractivity contribution in [3.63, 3.8) is 0 Å². The van der Waals surface area contributed by atoms with Crippen LogP contribution in [0.5, 0.6) is 0 Å². The van der Waals surface area contributed by atoms with Gasteiger partial charge in [0.2, 0.25) is 0 Å². The maximum Gasteiger partial charge on any atom is 0.416 e. The molecule has 1 heterocycles. The number of nitrogens with zero attached hydrogens (tertiary/aromatic N) is 2. The minimum atomic E-state index is -4.90. The van der Waals surface area contributed by atoms with Crippen molar-refractivity contribution in [2.75, 3.05) is 0 Å². The number of hydrogen-bond acceptors (Lipinski definition) is 1. The van der Waals surface area contributed by atoms with Crippen LogP contribution in [0.15, 0.2) is 48.7 Å². The average Bonchev–Trinajstić information content (AvgIpc) is 3.16. The highest BCUT2D eigenvalue weighted by molar-refractivity contribution is 5.69. The highest BCUT2D eigenvalue weighted by Crippen LogP contribution is 2.40. The van der Waals surface area contributed by atoms with Gasteiger partial charge in [-0.2, -0.15) is 31.4 Å². The summed E-state index contributed by atoms with van der Waals surface area (Å²) in [5, 5.41) is 4.42. The molecule has 1 atom stereocenters. The highest BCUT2D eigenvalue weighted by atomic mass is 19.4. The van der Waals surface area contributed by atoms with Gasteiger partial charge in [-0.1, -0.05) is 32.4 Å². The van der Waals surface area contributed by atoms with E-state index >= 15 is 0 Å². The molecule has 0 aliphatic rings. The summed E-state index contributed by atoms with van der Waals surface area (Å²) in [6, 6.07) is 8.45. The maximum absolute atomic E-state index is 13.3. The molecule has 2 aromatic carbocycles. The van der Waals surface area contributed by atoms with Crippen molar-refractivity contribution in [2.45, 2.75) is 58.3 Å². The number of hydrogen-bond donors (Lipinski definition) is 0. The quantitative estimate of drug-likeness (QED) is 0.344. The first kappa shape index (κ1) is 23.9. The summed E-state index contributed by atoms with van der Waals surface area (Å²) in [5.74, 6) is 0.195. The second-order valence-corrected chi connectivity index (χ2v) is 7.86. The third-order valence-corrected chi connectivity index (χ3v) is 5.49. The molecule has 2 nitrogen and oxygen atoms in total. The van der Waals surface area contributed by atoms with Crippen LogP contribution in [0.1, 0.15) is 61.4 Å². The summed E-state index contributed by atoms with van der Waals surface area (Å²) in [5.41, 5.74) is -0.178. The van der Waals surface area contributed by atoms with Gasteiger partial charge in [0.05, 0.1) is 22.5 Å². The van der Waals surface area contributed by atoms with Crippen LogP contribution in [-0.2, 0) is 12.4 Å². The lowest BCUT2D eigenvalue weighted by Crippen LogP contribution is -2.11. The lowest BCUT2D eigenvalue weighted by molar-refractivity contribution is -0.143. The van der Waals surface area contributed by atoms with E-state index in [-0.39, 0.29) is 23.1 Å². The summed E-state index contributed by atoms with van der Waals surface area (Å²) in [7, 11) is 0. The largest absolute Gasteiger partial charge is 0.416 e. The summed E-state index contributed by atoms with van der Waals surface area (Å²) in [4.78, 5) is 0. The average molecular weight is 454 g/mol. The first-order valence-electron chi connectivity index (χ1n) is 10.4. The molecule has 0 bridgehead atoms. The molecular formula is C24H24F6N2. The van der Waals surface area contributed by atoms with Gasteiger partial charge >= 0.3 is 12.4 Å². The Hall–Kier alpha value is -2.77. The third kappa shape index (κ3) is 5.16. The van der Waals surface area contributed by atoms with Gasteiger partial charge in [-0.25, -0.2) is 4.68 Å². The van der Waals surface area contributed by atoms with Crippen LogP contribution in [0.25, 0.3) is 16.8 Å². The van der Waals surface area contributed by atoms with Gasteiger partial charge in [0.15, 0.2) is 0 Å². The minimum absolute atomic E-state index is 0.143. The Kier molecular flexibility index (Phi) is 6.72. The van der Waals surface area contributed by atoms with Gasteiger partial charge in [-0.15, -0.1) is 0 Å². The molecule has 0 fully saturated rings. The summed E-state index contributed by atoms with van der Waals surface area (Å²) in [6.45, 7) is 5.93. The highest BCUT2D eigenvalue weighted by Gasteiger charge is 2.37. The zero-order valence-electron chi connectivity index (χ0n) is 18.0. The van der Waals surface area contributed by atoms with Crippen LogP contribution in [0.3, 0.4) is 0 Å². The van der Waals surface area contributed by atoms with E-state index in [0.29, 0.717) is 5.69 Å². The molecule has 0 spiro atoms. The minimum Gasteiger partial charge on any atom is -0.240 e. The van der Waals surface area contributed by atoms with Crippen molar-refractivity contribution < 1.29 is 26.3 Å². The fourth-order valence-corrected chi connectivity index (χ4v) is 3.87. The standard InChI is InChI=1S/C24H24F6N2/c1-4-6-16(5-2)21-8-7-17(13-22(21)32-10-9-15(3)31-32)18-11-19(23(25,26)27)14-20(12-18)24(28,29)30/h7-14,16H,4-6H2,1-3H3. The molecule has 0 saturated carbocycles. The van der Waals surface area contributed by atoms with E-state index in [2.05, 4.69) is 18.9 Å². The predicted octanol–water partition coefficient (Wildman–Crippen LogP) is 8.18. The molecule has 0 amide bonds. The molecule has 32 heavy (non-hydrogen) atoms. The zero-order chi connectivity index (χ0) is 23.7. The first-order valence-corrected chi connectivity index (χ1v) is 10.4. The molecule has 0 saturated heterocycles. The molecule has 172 valence electrons. The second kappa shape index (κ2) is 9.00. The van der Waals surface area contributed by atoms with Crippen LogP contribution in [0.2, 0.25) is 0 Å². The summed E-state index contributed by atoms with van der Waals surface area (Å²) in [6.07, 6.45) is -5.35. The number of aromatic nitrogens is 2. The monoisotopic (exact) mass is 454 g/mol. The maximum atomic E-state index is 13.3. The number of aryl methyl sites for hydroxylation is 1. The van der Waals surface area contributed by atoms with Crippen LogP contribution in [0, 0.1) is 6.92 Å². The van der Waals surface area contributed by atoms with Gasteiger partial charge < -0.3 is 0 Å². The van der Waals surface area contributed by atoms with Crippen LogP contribution < -0.4 is 0 Å². The van der Waals surface area contributed by atoms with E-state index in [1.807, 2.05) is 6.92 Å². The van der Waals surface area contributed by atoms with Crippen LogP contribution in [0.4, 0.5) is 26.3 Å². The molecular weight excluding hydrogens is 430 g/mol. The van der Waals surface area contributed by atoms with Gasteiger partial charge in [-0.3, -0.25) is 0 Å². The molecule has 1 unspecified atom stereocenters. The van der Waals surface area contributed by atoms with Crippen molar-refractivity contribution in [3.8, 4) is 16.8 Å². The Morgan fingerprint density at radius 3 is 1.94 bits per heavy atom. The topological polar surface area (TPSA) is 17.8 Å². The normalized spacial score (nSPS) is 13.4. The fourth-order valence-electron chi connectivity index (χ4n) is 3.87. The Labute approximate surface area is 182 Å². The number of rotatable bonds is 6. The molecule has 0 radical (unpaired) electrons. The van der Waals surface area contributed by atoms with Crippen molar-refractivity contribution in [1.29, 1.82) is 0 Å². The SMILES string of the molecule is CCCC(CC)c1ccc(-c2cc(C(F)(F)F)cc(C(F)(F)F)c2)cc1-n1ccc(C)n1. The Morgan fingerprint density at radius 1 is 0.844 bits per heavy atom. The molecule has 3 aromatic rings. The van der Waals surface area contributed by atoms with E-state index < -0.39 is 23.5 Å². The van der Waals surface area contributed by atoms with Gasteiger partial charge in [-0.05, 0) is 72.7 Å². The Bertz CT molecular complexity index is 1050. The Balaban J connectivity index is 2.23. The number of alkyl halides is 6. The van der Waals surface area contributed by atoms with E-state index in [0.717, 1.165) is 42.7 Å². The zero-order valence-corrected chi connectivity index (χ0v) is 18.0. The van der Waals surface area contributed by atoms with Crippen molar-refractivity contribution in [2.24, 2.45) is 0 Å². The van der Waals surface area contributed by atoms with E-state index in [9.17, 15) is 26.3 Å². The van der Waals surface area contributed by atoms with Crippen molar-refractivity contribution in [1.82, 2.24) is 9.78 Å². The smallest absolute Gasteiger partial charge is 0.240 e. The molecule has 8 heteroatoms. The Morgan fingerprint density at radius 2 is 1.47 bits per heavy atom. The molecule has 1 aromatic heterocycles. The first-order chi connectivity index (χ1) is 14.9. The predicted molar refractivity (Wildman–Crippen MR) is 112 cm³/mol. The molecule has 3 rings (SSSR count). The molecule has 0 N–H and O–H groups in total. The summed E-state index contributed by atoms with van der Waals surface area (Å²) >= 11 is 0. The van der Waals surface area contributed by atoms with Gasteiger partial charge in [0.25, 0.3) is 0 Å².